The van der Waals surface area contributed by atoms with E-state index in [1.807, 2.05) is 0 Å². The number of allylic oxidation sites excluding steroid dienone is 2. The van der Waals surface area contributed by atoms with Crippen molar-refractivity contribution in [2.24, 2.45) is 35.5 Å². The van der Waals surface area contributed by atoms with E-state index in [4.69, 9.17) is 0 Å². The number of nitro groups is 1. The molecule has 144 valence electrons. The summed E-state index contributed by atoms with van der Waals surface area (Å²) in [6.07, 6.45) is 5.31. The number of hydrogen-bond donors (Lipinski definition) is 1. The number of anilines is 1. The number of non-ortho nitro benzene ring substituents is 1. The first-order chi connectivity index (χ1) is 13.5. The van der Waals surface area contributed by atoms with Crippen molar-refractivity contribution in [3.8, 4) is 0 Å². The van der Waals surface area contributed by atoms with Crippen LogP contribution in [0.15, 0.2) is 36.4 Å². The molecule has 6 rings (SSSR count). The minimum Gasteiger partial charge on any atom is -0.326 e. The lowest BCUT2D eigenvalue weighted by Crippen LogP contribution is -2.40. The third-order valence-electron chi connectivity index (χ3n) is 6.66. The maximum atomic E-state index is 12.9. The van der Waals surface area contributed by atoms with Gasteiger partial charge in [-0.05, 0) is 36.2 Å². The van der Waals surface area contributed by atoms with Gasteiger partial charge in [-0.25, -0.2) is 0 Å². The van der Waals surface area contributed by atoms with E-state index in [-0.39, 0.29) is 60.0 Å². The topological polar surface area (TPSA) is 110 Å². The summed E-state index contributed by atoms with van der Waals surface area (Å²) in [5.74, 6) is 0.221. The Labute approximate surface area is 160 Å². The normalized spacial score (nSPS) is 34.2. The molecule has 2 bridgehead atoms. The highest BCUT2D eigenvalue weighted by Gasteiger charge is 2.66. The van der Waals surface area contributed by atoms with Gasteiger partial charge in [-0.3, -0.25) is 29.4 Å². The van der Waals surface area contributed by atoms with Crippen LogP contribution in [0, 0.1) is 45.6 Å². The molecule has 1 aromatic carbocycles. The van der Waals surface area contributed by atoms with Crippen molar-refractivity contribution in [2.45, 2.75) is 12.8 Å². The number of carbonyl (C=O) groups excluding carboxylic acids is 3. The fraction of sp³-hybridized carbons (Fsp3) is 0.450. The van der Waals surface area contributed by atoms with Crippen molar-refractivity contribution < 1.29 is 19.3 Å². The van der Waals surface area contributed by atoms with Crippen LogP contribution in [0.5, 0.6) is 0 Å². The van der Waals surface area contributed by atoms with Crippen LogP contribution < -0.4 is 5.32 Å². The maximum absolute atomic E-state index is 12.9. The van der Waals surface area contributed by atoms with Crippen LogP contribution in [0.2, 0.25) is 0 Å². The Morgan fingerprint density at radius 3 is 2.39 bits per heavy atom. The van der Waals surface area contributed by atoms with E-state index < -0.39 is 4.92 Å². The Balaban J connectivity index is 1.23. The fourth-order valence-corrected chi connectivity index (χ4v) is 5.37. The van der Waals surface area contributed by atoms with Gasteiger partial charge in [-0.2, -0.15) is 0 Å². The van der Waals surface area contributed by atoms with Crippen molar-refractivity contribution >= 4 is 29.1 Å². The first-order valence-electron chi connectivity index (χ1n) is 9.53. The van der Waals surface area contributed by atoms with Crippen LogP contribution in [0.1, 0.15) is 12.8 Å². The molecule has 1 heterocycles. The molecule has 5 aliphatic rings. The van der Waals surface area contributed by atoms with E-state index in [0.29, 0.717) is 17.5 Å². The molecule has 8 nitrogen and oxygen atoms in total. The molecular weight excluding hydrogens is 362 g/mol. The fourth-order valence-electron chi connectivity index (χ4n) is 5.37. The van der Waals surface area contributed by atoms with E-state index in [2.05, 4.69) is 17.5 Å². The second-order valence-corrected chi connectivity index (χ2v) is 8.09. The molecule has 0 spiro atoms. The zero-order chi connectivity index (χ0) is 19.6. The van der Waals surface area contributed by atoms with Crippen LogP contribution in [0.4, 0.5) is 11.4 Å². The number of benzene rings is 1. The molecule has 1 saturated heterocycles. The first kappa shape index (κ1) is 17.1. The quantitative estimate of drug-likeness (QED) is 0.363. The minimum absolute atomic E-state index is 0.0325. The monoisotopic (exact) mass is 381 g/mol. The lowest BCUT2D eigenvalue weighted by atomic mass is 9.63. The van der Waals surface area contributed by atoms with Gasteiger partial charge in [0.15, 0.2) is 0 Å². The second-order valence-electron chi connectivity index (χ2n) is 8.09. The van der Waals surface area contributed by atoms with E-state index in [0.717, 1.165) is 6.42 Å². The Kier molecular flexibility index (Phi) is 3.65. The maximum Gasteiger partial charge on any atom is 0.271 e. The first-order valence-corrected chi connectivity index (χ1v) is 9.53. The predicted molar refractivity (Wildman–Crippen MR) is 97.8 cm³/mol. The van der Waals surface area contributed by atoms with Crippen molar-refractivity contribution in [3.05, 3.63) is 46.5 Å². The van der Waals surface area contributed by atoms with Crippen molar-refractivity contribution in [1.29, 1.82) is 0 Å². The van der Waals surface area contributed by atoms with Gasteiger partial charge in [0.1, 0.15) is 0 Å². The van der Waals surface area contributed by atoms with E-state index in [1.165, 1.54) is 23.1 Å². The van der Waals surface area contributed by atoms with Gasteiger partial charge in [0, 0.05) is 30.8 Å². The molecule has 1 aliphatic heterocycles. The standard InChI is InChI=1S/C20H19N3O5/c24-16(21-10-2-1-3-11(8-10)23(27)28)6-7-22-19(25)17-12-4-5-13(15-9-14(12)15)18(17)20(22)26/h1-5,8,12-15,17-18H,6-7,9H2,(H,21,24)/t12-,13-,14-,15-,17-,18+/m1/s1. The van der Waals surface area contributed by atoms with E-state index >= 15 is 0 Å². The molecule has 1 N–H and O–H groups in total. The van der Waals surface area contributed by atoms with E-state index in [9.17, 15) is 24.5 Å². The number of nitrogens with zero attached hydrogens (tertiary/aromatic N) is 2. The number of rotatable bonds is 5. The van der Waals surface area contributed by atoms with Gasteiger partial charge >= 0.3 is 0 Å². The lowest BCUT2D eigenvalue weighted by Gasteiger charge is -2.37. The van der Waals surface area contributed by atoms with Gasteiger partial charge in [0.05, 0.1) is 16.8 Å². The smallest absolute Gasteiger partial charge is 0.271 e. The minimum atomic E-state index is -0.536. The van der Waals surface area contributed by atoms with Crippen LogP contribution in [-0.2, 0) is 14.4 Å². The number of nitro benzene ring substituents is 1. The van der Waals surface area contributed by atoms with Crippen molar-refractivity contribution in [1.82, 2.24) is 4.90 Å². The summed E-state index contributed by atoms with van der Waals surface area (Å²) >= 11 is 0. The zero-order valence-corrected chi connectivity index (χ0v) is 15.0. The van der Waals surface area contributed by atoms with Crippen LogP contribution in [0.25, 0.3) is 0 Å². The number of likely N-dealkylation sites (tertiary alicyclic amines) is 1. The molecule has 3 amide bonds. The van der Waals surface area contributed by atoms with Crippen LogP contribution in [0.3, 0.4) is 0 Å². The summed E-state index contributed by atoms with van der Waals surface area (Å²) < 4.78 is 0. The highest BCUT2D eigenvalue weighted by molar-refractivity contribution is 6.06. The van der Waals surface area contributed by atoms with Gasteiger partial charge in [0.25, 0.3) is 5.69 Å². The number of imide groups is 1. The molecule has 28 heavy (non-hydrogen) atoms. The van der Waals surface area contributed by atoms with Gasteiger partial charge in [-0.1, -0.05) is 18.2 Å². The average Bonchev–Trinajstić information content (AvgIpc) is 3.45. The Morgan fingerprint density at radius 1 is 1.14 bits per heavy atom. The molecule has 0 aromatic heterocycles. The number of hydrogen-bond acceptors (Lipinski definition) is 5. The molecular formula is C20H19N3O5. The van der Waals surface area contributed by atoms with Gasteiger partial charge in [-0.15, -0.1) is 0 Å². The Morgan fingerprint density at radius 2 is 1.79 bits per heavy atom. The van der Waals surface area contributed by atoms with Crippen LogP contribution in [-0.4, -0.2) is 34.1 Å². The molecule has 0 unspecified atom stereocenters. The third-order valence-corrected chi connectivity index (χ3v) is 6.66. The molecule has 0 radical (unpaired) electrons. The summed E-state index contributed by atoms with van der Waals surface area (Å²) in [4.78, 5) is 49.5. The number of carbonyl (C=O) groups is 3. The molecule has 8 heteroatoms. The van der Waals surface area contributed by atoms with Crippen molar-refractivity contribution in [2.75, 3.05) is 11.9 Å². The summed E-state index contributed by atoms with van der Waals surface area (Å²) in [6.45, 7) is 0.0419. The summed E-state index contributed by atoms with van der Waals surface area (Å²) in [7, 11) is 0. The lowest BCUT2D eigenvalue weighted by molar-refractivity contribution is -0.384. The summed E-state index contributed by atoms with van der Waals surface area (Å²) in [5.41, 5.74) is 0.197. The van der Waals surface area contributed by atoms with Crippen molar-refractivity contribution in [3.63, 3.8) is 0 Å². The van der Waals surface area contributed by atoms with Gasteiger partial charge < -0.3 is 5.32 Å². The number of amides is 3. The molecule has 1 aromatic rings. The summed E-state index contributed by atoms with van der Waals surface area (Å²) in [5, 5.41) is 13.4. The summed E-state index contributed by atoms with van der Waals surface area (Å²) in [6, 6.07) is 5.65. The van der Waals surface area contributed by atoms with Crippen LogP contribution >= 0.6 is 0 Å². The highest BCUT2D eigenvalue weighted by atomic mass is 16.6. The molecule has 2 saturated carbocycles. The predicted octanol–water partition coefficient (Wildman–Crippen LogP) is 1.98. The highest BCUT2D eigenvalue weighted by Crippen LogP contribution is 2.65. The average molecular weight is 381 g/mol. The Hall–Kier alpha value is -3.03. The molecule has 4 aliphatic carbocycles. The SMILES string of the molecule is O=C(CCN1C(=O)[C@@H]2[C@@H]3C=C[C@H]([C@H]4C[C@H]34)[C@@H]2C1=O)Nc1cccc([N+](=O)[O-])c1. The zero-order valence-electron chi connectivity index (χ0n) is 15.0. The Bertz CT molecular complexity index is 906. The molecule has 3 fully saturated rings. The van der Waals surface area contributed by atoms with Gasteiger partial charge in [0.2, 0.25) is 17.7 Å². The van der Waals surface area contributed by atoms with E-state index in [1.54, 1.807) is 6.07 Å². The second kappa shape index (κ2) is 5.98. The molecule has 6 atom stereocenters. The number of nitrogens with one attached hydrogen (secondary N) is 1. The third kappa shape index (κ3) is 2.47. The largest absolute Gasteiger partial charge is 0.326 e.